The molecule has 1 aromatic rings. The zero-order chi connectivity index (χ0) is 11.4. The molecule has 0 aliphatic rings. The van der Waals surface area contributed by atoms with Crippen LogP contribution in [0.4, 0.5) is 14.5 Å². The van der Waals surface area contributed by atoms with Crippen LogP contribution >= 0.6 is 0 Å². The van der Waals surface area contributed by atoms with Gasteiger partial charge < -0.3 is 5.32 Å². The molecule has 0 spiro atoms. The Labute approximate surface area is 86.8 Å². The van der Waals surface area contributed by atoms with Crippen LogP contribution in [-0.4, -0.2) is 6.04 Å². The average molecular weight is 208 g/mol. The summed E-state index contributed by atoms with van der Waals surface area (Å²) in [5, 5.41) is 11.2. The average Bonchev–Trinajstić information content (AvgIpc) is 2.25. The number of nitriles is 1. The van der Waals surface area contributed by atoms with Crippen molar-refractivity contribution in [2.24, 2.45) is 0 Å². The van der Waals surface area contributed by atoms with Crippen molar-refractivity contribution in [1.29, 1.82) is 5.26 Å². The smallest absolute Gasteiger partial charge is 0.183 e. The number of hydrogen-bond donors (Lipinski definition) is 1. The van der Waals surface area contributed by atoms with Crippen LogP contribution in [0, 0.1) is 23.0 Å². The lowest BCUT2D eigenvalue weighted by molar-refractivity contribution is 0.508. The van der Waals surface area contributed by atoms with Gasteiger partial charge in [-0.15, -0.1) is 6.58 Å². The molecule has 1 N–H and O–H groups in total. The fourth-order valence-electron chi connectivity index (χ4n) is 1.05. The lowest BCUT2D eigenvalue weighted by atomic mass is 10.2. The maximum absolute atomic E-state index is 13.3. The van der Waals surface area contributed by atoms with Crippen LogP contribution in [0.2, 0.25) is 0 Å². The molecule has 0 heterocycles. The summed E-state index contributed by atoms with van der Waals surface area (Å²) in [6.45, 7) is 5.26. The van der Waals surface area contributed by atoms with Crippen LogP contribution in [0.5, 0.6) is 0 Å². The molecule has 1 rings (SSSR count). The maximum atomic E-state index is 13.3. The molecule has 0 aliphatic carbocycles. The van der Waals surface area contributed by atoms with Gasteiger partial charge in [-0.3, -0.25) is 0 Å². The maximum Gasteiger partial charge on any atom is 0.183 e. The van der Waals surface area contributed by atoms with Gasteiger partial charge in [0.05, 0.1) is 11.3 Å². The summed E-state index contributed by atoms with van der Waals surface area (Å²) >= 11 is 0. The van der Waals surface area contributed by atoms with E-state index in [1.807, 2.05) is 0 Å². The first-order valence-electron chi connectivity index (χ1n) is 4.37. The zero-order valence-corrected chi connectivity index (χ0v) is 8.22. The third-order valence-electron chi connectivity index (χ3n) is 1.94. The third kappa shape index (κ3) is 2.32. The summed E-state index contributed by atoms with van der Waals surface area (Å²) < 4.78 is 26.5. The van der Waals surface area contributed by atoms with Crippen LogP contribution in [0.1, 0.15) is 12.5 Å². The molecule has 1 unspecified atom stereocenters. The monoisotopic (exact) mass is 208 g/mol. The van der Waals surface area contributed by atoms with Gasteiger partial charge in [0.25, 0.3) is 0 Å². The summed E-state index contributed by atoms with van der Waals surface area (Å²) in [7, 11) is 0. The molecule has 4 heteroatoms. The normalized spacial score (nSPS) is 11.6. The van der Waals surface area contributed by atoms with Gasteiger partial charge in [0.15, 0.2) is 11.6 Å². The number of nitrogens with one attached hydrogen (secondary N) is 1. The number of nitrogens with zero attached hydrogens (tertiary/aromatic N) is 1. The van der Waals surface area contributed by atoms with Gasteiger partial charge in [-0.05, 0) is 19.1 Å². The molecule has 0 aliphatic heterocycles. The fourth-order valence-corrected chi connectivity index (χ4v) is 1.05. The largest absolute Gasteiger partial charge is 0.377 e. The summed E-state index contributed by atoms with van der Waals surface area (Å²) in [6, 6.07) is 3.96. The van der Waals surface area contributed by atoms with Crippen molar-refractivity contribution in [1.82, 2.24) is 0 Å². The molecule has 0 bridgehead atoms. The quantitative estimate of drug-likeness (QED) is 0.775. The molecular weight excluding hydrogens is 198 g/mol. The highest BCUT2D eigenvalue weighted by Crippen LogP contribution is 2.20. The number of benzene rings is 1. The second-order valence-electron chi connectivity index (χ2n) is 3.07. The Morgan fingerprint density at radius 2 is 2.13 bits per heavy atom. The van der Waals surface area contributed by atoms with Crippen LogP contribution < -0.4 is 5.32 Å². The van der Waals surface area contributed by atoms with Gasteiger partial charge in [-0.2, -0.15) is 5.26 Å². The Morgan fingerprint density at radius 1 is 1.47 bits per heavy atom. The van der Waals surface area contributed by atoms with E-state index in [1.54, 1.807) is 19.1 Å². The van der Waals surface area contributed by atoms with Crippen molar-refractivity contribution < 1.29 is 8.78 Å². The first-order valence-corrected chi connectivity index (χ1v) is 4.37. The van der Waals surface area contributed by atoms with E-state index < -0.39 is 11.6 Å². The van der Waals surface area contributed by atoms with Crippen molar-refractivity contribution in [3.8, 4) is 6.07 Å². The van der Waals surface area contributed by atoms with E-state index in [9.17, 15) is 8.78 Å². The van der Waals surface area contributed by atoms with E-state index in [4.69, 9.17) is 5.26 Å². The summed E-state index contributed by atoms with van der Waals surface area (Å²) in [5.74, 6) is -2.17. The zero-order valence-electron chi connectivity index (χ0n) is 8.22. The second kappa shape index (κ2) is 4.56. The molecule has 1 aromatic carbocycles. The minimum atomic E-state index is -1.13. The van der Waals surface area contributed by atoms with Crippen molar-refractivity contribution in [3.05, 3.63) is 42.0 Å². The van der Waals surface area contributed by atoms with Crippen LogP contribution in [0.25, 0.3) is 0 Å². The predicted octanol–water partition coefficient (Wildman–Crippen LogP) is 2.82. The number of hydrogen-bond acceptors (Lipinski definition) is 2. The van der Waals surface area contributed by atoms with Gasteiger partial charge in [-0.1, -0.05) is 6.08 Å². The molecule has 2 nitrogen and oxygen atoms in total. The number of rotatable bonds is 3. The van der Waals surface area contributed by atoms with Crippen LogP contribution in [0.3, 0.4) is 0 Å². The number of anilines is 1. The van der Waals surface area contributed by atoms with Crippen molar-refractivity contribution in [3.63, 3.8) is 0 Å². The SMILES string of the molecule is C=CC(C)Nc1ccc(C#N)c(F)c1F. The molecule has 0 fully saturated rings. The molecule has 0 aromatic heterocycles. The molecule has 78 valence electrons. The Bertz CT molecular complexity index is 421. The highest BCUT2D eigenvalue weighted by Gasteiger charge is 2.13. The van der Waals surface area contributed by atoms with E-state index in [1.165, 1.54) is 12.1 Å². The van der Waals surface area contributed by atoms with Crippen molar-refractivity contribution >= 4 is 5.69 Å². The lowest BCUT2D eigenvalue weighted by Gasteiger charge is -2.12. The Hall–Kier alpha value is -1.89. The van der Waals surface area contributed by atoms with E-state index in [-0.39, 0.29) is 17.3 Å². The molecule has 1 atom stereocenters. The fraction of sp³-hybridized carbons (Fsp3) is 0.182. The second-order valence-corrected chi connectivity index (χ2v) is 3.07. The van der Waals surface area contributed by atoms with Gasteiger partial charge >= 0.3 is 0 Å². The molecule has 0 amide bonds. The summed E-state index contributed by atoms with van der Waals surface area (Å²) in [4.78, 5) is 0. The highest BCUT2D eigenvalue weighted by molar-refractivity contribution is 5.50. The Balaban J connectivity index is 3.08. The molecular formula is C11H10F2N2. The minimum Gasteiger partial charge on any atom is -0.377 e. The molecule has 0 saturated heterocycles. The van der Waals surface area contributed by atoms with Gasteiger partial charge in [0.1, 0.15) is 6.07 Å². The van der Waals surface area contributed by atoms with E-state index in [0.717, 1.165) is 0 Å². The minimum absolute atomic E-state index is 0.0268. The van der Waals surface area contributed by atoms with E-state index >= 15 is 0 Å². The Morgan fingerprint density at radius 3 is 2.67 bits per heavy atom. The summed E-state index contributed by atoms with van der Waals surface area (Å²) in [5.41, 5.74) is -0.275. The number of halogens is 2. The summed E-state index contributed by atoms with van der Waals surface area (Å²) in [6.07, 6.45) is 1.57. The standard InChI is InChI=1S/C11H10F2N2/c1-3-7(2)15-9-5-4-8(6-14)10(12)11(9)13/h3-5,7,15H,1H2,2H3. The lowest BCUT2D eigenvalue weighted by Crippen LogP contribution is -2.13. The van der Waals surface area contributed by atoms with Gasteiger partial charge in [0, 0.05) is 6.04 Å². The molecule has 0 saturated carbocycles. The third-order valence-corrected chi connectivity index (χ3v) is 1.94. The molecule has 15 heavy (non-hydrogen) atoms. The van der Waals surface area contributed by atoms with Gasteiger partial charge in [0.2, 0.25) is 0 Å². The first kappa shape index (κ1) is 11.2. The molecule has 0 radical (unpaired) electrons. The van der Waals surface area contributed by atoms with Crippen molar-refractivity contribution in [2.75, 3.05) is 5.32 Å². The van der Waals surface area contributed by atoms with E-state index in [0.29, 0.717) is 0 Å². The predicted molar refractivity (Wildman–Crippen MR) is 54.4 cm³/mol. The van der Waals surface area contributed by atoms with Crippen molar-refractivity contribution in [2.45, 2.75) is 13.0 Å². The topological polar surface area (TPSA) is 35.8 Å². The van der Waals surface area contributed by atoms with E-state index in [2.05, 4.69) is 11.9 Å². The Kier molecular flexibility index (Phi) is 3.40. The first-order chi connectivity index (χ1) is 7.10. The van der Waals surface area contributed by atoms with Crippen LogP contribution in [0.15, 0.2) is 24.8 Å². The van der Waals surface area contributed by atoms with Crippen LogP contribution in [-0.2, 0) is 0 Å². The highest BCUT2D eigenvalue weighted by atomic mass is 19.2. The van der Waals surface area contributed by atoms with Gasteiger partial charge in [-0.25, -0.2) is 8.78 Å².